The maximum absolute atomic E-state index is 13.8. The molecule has 192 valence electrons. The molecule has 36 heavy (non-hydrogen) atoms. The third-order valence-electron chi connectivity index (χ3n) is 8.70. The number of amides is 1. The van der Waals surface area contributed by atoms with Crippen LogP contribution >= 0.6 is 0 Å². The van der Waals surface area contributed by atoms with Crippen molar-refractivity contribution in [2.75, 3.05) is 27.2 Å². The van der Waals surface area contributed by atoms with E-state index in [2.05, 4.69) is 4.90 Å². The Morgan fingerprint density at radius 2 is 1.72 bits per heavy atom. The molecule has 3 fully saturated rings. The molecule has 5 rings (SSSR count). The molecule has 0 spiro atoms. The van der Waals surface area contributed by atoms with Gasteiger partial charge >= 0.3 is 0 Å². The summed E-state index contributed by atoms with van der Waals surface area (Å²) in [5, 5.41) is 11.1. The number of ketones is 4. The fourth-order valence-electron chi connectivity index (χ4n) is 7.13. The Balaban J connectivity index is 1.50. The van der Waals surface area contributed by atoms with Crippen LogP contribution in [0.3, 0.4) is 0 Å². The lowest BCUT2D eigenvalue weighted by Crippen LogP contribution is -2.64. The Kier molecular flexibility index (Phi) is 6.32. The van der Waals surface area contributed by atoms with Gasteiger partial charge in [-0.25, -0.2) is 0 Å². The van der Waals surface area contributed by atoms with Crippen LogP contribution in [0.1, 0.15) is 47.2 Å². The van der Waals surface area contributed by atoms with Crippen LogP contribution in [-0.2, 0) is 32.1 Å². The molecule has 1 heterocycles. The van der Waals surface area contributed by atoms with Gasteiger partial charge in [0.15, 0.2) is 29.1 Å². The first-order valence-corrected chi connectivity index (χ1v) is 12.8. The standard InChI is InChI=1S/C27H33N3O6/c1-29(2)21-16-11-15-10-13-6-7-14(12-30-8-4-3-5-9-30)22(31)17(13)23(32)18(15)24(33)19(16)25(34)20(26(21)35)27(28)36/h6-7,15-16,18-21,31H,3-5,8-12H2,1-2H3,(H2,28,36)/t15-,16+,18?,19?,20?,21-/m0/s1. The van der Waals surface area contributed by atoms with Crippen LogP contribution in [-0.4, -0.2) is 77.2 Å². The van der Waals surface area contributed by atoms with Gasteiger partial charge in [0, 0.05) is 12.1 Å². The Hall–Kier alpha value is -2.91. The highest BCUT2D eigenvalue weighted by molar-refractivity contribution is 6.28. The minimum atomic E-state index is -1.69. The van der Waals surface area contributed by atoms with E-state index in [1.807, 2.05) is 12.1 Å². The number of hydrogen-bond acceptors (Lipinski definition) is 8. The zero-order valence-electron chi connectivity index (χ0n) is 20.7. The number of likely N-dealkylation sites (N-methyl/N-ethyl adjacent to an activating group) is 1. The molecule has 2 saturated carbocycles. The number of phenols is 1. The van der Waals surface area contributed by atoms with Gasteiger partial charge in [-0.15, -0.1) is 0 Å². The number of fused-ring (bicyclic) bond motifs is 3. The first-order chi connectivity index (χ1) is 17.1. The minimum Gasteiger partial charge on any atom is -0.507 e. The summed E-state index contributed by atoms with van der Waals surface area (Å²) in [6.07, 6.45) is 4.12. The van der Waals surface area contributed by atoms with Crippen molar-refractivity contribution in [1.29, 1.82) is 0 Å². The van der Waals surface area contributed by atoms with Crippen molar-refractivity contribution in [2.45, 2.75) is 44.7 Å². The van der Waals surface area contributed by atoms with Gasteiger partial charge in [0.05, 0.1) is 23.4 Å². The molecule has 0 radical (unpaired) electrons. The third kappa shape index (κ3) is 3.80. The Morgan fingerprint density at radius 1 is 1.03 bits per heavy atom. The normalized spacial score (nSPS) is 32.8. The molecule has 4 aliphatic rings. The number of hydrogen-bond donors (Lipinski definition) is 2. The maximum Gasteiger partial charge on any atom is 0.235 e. The summed E-state index contributed by atoms with van der Waals surface area (Å²) in [6, 6.07) is 2.91. The number of rotatable bonds is 4. The fourth-order valence-corrected chi connectivity index (χ4v) is 7.13. The van der Waals surface area contributed by atoms with E-state index in [1.165, 1.54) is 6.42 Å². The number of nitrogens with two attached hydrogens (primary N) is 1. The molecule has 1 amide bonds. The second-order valence-electron chi connectivity index (χ2n) is 11.1. The molecule has 0 bridgehead atoms. The highest BCUT2D eigenvalue weighted by Gasteiger charge is 2.61. The fraction of sp³-hybridized carbons (Fsp3) is 0.593. The van der Waals surface area contributed by atoms with Crippen LogP contribution in [0.25, 0.3) is 0 Å². The van der Waals surface area contributed by atoms with Crippen LogP contribution in [0.2, 0.25) is 0 Å². The molecule has 3 aliphatic carbocycles. The first kappa shape index (κ1) is 24.8. The monoisotopic (exact) mass is 495 g/mol. The van der Waals surface area contributed by atoms with Gasteiger partial charge in [0.1, 0.15) is 5.75 Å². The van der Waals surface area contributed by atoms with Gasteiger partial charge < -0.3 is 10.8 Å². The van der Waals surface area contributed by atoms with Crippen molar-refractivity contribution in [1.82, 2.24) is 9.80 Å². The lowest BCUT2D eigenvalue weighted by Gasteiger charge is -2.48. The topological polar surface area (TPSA) is 138 Å². The smallest absolute Gasteiger partial charge is 0.235 e. The van der Waals surface area contributed by atoms with E-state index in [0.29, 0.717) is 30.5 Å². The molecule has 9 nitrogen and oxygen atoms in total. The number of likely N-dealkylation sites (tertiary alicyclic amines) is 1. The Labute approximate surface area is 210 Å². The molecule has 3 N–H and O–H groups in total. The molecule has 1 saturated heterocycles. The summed E-state index contributed by atoms with van der Waals surface area (Å²) in [7, 11) is 3.35. The van der Waals surface area contributed by atoms with Gasteiger partial charge in [0.25, 0.3) is 0 Å². The van der Waals surface area contributed by atoms with E-state index >= 15 is 0 Å². The lowest BCUT2D eigenvalue weighted by atomic mass is 9.54. The molecular weight excluding hydrogens is 462 g/mol. The molecule has 1 aromatic carbocycles. The van der Waals surface area contributed by atoms with Gasteiger partial charge in [-0.3, -0.25) is 33.8 Å². The Bertz CT molecular complexity index is 1150. The summed E-state index contributed by atoms with van der Waals surface area (Å²) < 4.78 is 0. The number of carbonyl (C=O) groups is 5. The van der Waals surface area contributed by atoms with E-state index in [0.717, 1.165) is 25.9 Å². The molecule has 1 aromatic rings. The van der Waals surface area contributed by atoms with E-state index in [4.69, 9.17) is 5.73 Å². The number of nitrogens with zero attached hydrogens (tertiary/aromatic N) is 2. The second-order valence-corrected chi connectivity index (χ2v) is 11.1. The first-order valence-electron chi connectivity index (χ1n) is 12.8. The van der Waals surface area contributed by atoms with Crippen LogP contribution in [0.4, 0.5) is 0 Å². The largest absolute Gasteiger partial charge is 0.507 e. The van der Waals surface area contributed by atoms with Crippen LogP contribution in [0, 0.1) is 29.6 Å². The van der Waals surface area contributed by atoms with Crippen LogP contribution < -0.4 is 5.73 Å². The summed E-state index contributed by atoms with van der Waals surface area (Å²) in [4.78, 5) is 69.7. The molecule has 6 atom stereocenters. The summed E-state index contributed by atoms with van der Waals surface area (Å²) in [5.41, 5.74) is 6.92. The van der Waals surface area contributed by atoms with Gasteiger partial charge in [-0.2, -0.15) is 0 Å². The van der Waals surface area contributed by atoms with Gasteiger partial charge in [-0.1, -0.05) is 18.6 Å². The van der Waals surface area contributed by atoms with Crippen molar-refractivity contribution in [3.63, 3.8) is 0 Å². The maximum atomic E-state index is 13.8. The Morgan fingerprint density at radius 3 is 2.36 bits per heavy atom. The average Bonchev–Trinajstić information content (AvgIpc) is 2.80. The van der Waals surface area contributed by atoms with Gasteiger partial charge in [-0.05, 0) is 70.3 Å². The van der Waals surface area contributed by atoms with Crippen molar-refractivity contribution >= 4 is 29.0 Å². The quantitative estimate of drug-likeness (QED) is 0.584. The molecule has 3 unspecified atom stereocenters. The molecule has 1 aliphatic heterocycles. The predicted octanol–water partition coefficient (Wildman–Crippen LogP) is 0.738. The van der Waals surface area contributed by atoms with Crippen molar-refractivity contribution in [3.8, 4) is 5.75 Å². The van der Waals surface area contributed by atoms with Gasteiger partial charge in [0.2, 0.25) is 5.91 Å². The number of piperidine rings is 1. The SMILES string of the molecule is CN(C)[C@@H]1C(=O)C(C(N)=O)C(=O)C2C(=O)C3C(=O)c4c(ccc(CN5CCCCC5)c4O)C[C@H]3C[C@H]21. The minimum absolute atomic E-state index is 0.0808. The number of aromatic hydroxyl groups is 1. The van der Waals surface area contributed by atoms with Crippen LogP contribution in [0.15, 0.2) is 12.1 Å². The third-order valence-corrected chi connectivity index (χ3v) is 8.70. The summed E-state index contributed by atoms with van der Waals surface area (Å²) in [5.74, 6) is -8.53. The number of benzene rings is 1. The molecular formula is C27H33N3O6. The number of primary amides is 1. The highest BCUT2D eigenvalue weighted by Crippen LogP contribution is 2.49. The van der Waals surface area contributed by atoms with Crippen LogP contribution in [0.5, 0.6) is 5.75 Å². The van der Waals surface area contributed by atoms with Crippen molar-refractivity contribution in [2.24, 2.45) is 35.3 Å². The average molecular weight is 496 g/mol. The van der Waals surface area contributed by atoms with E-state index < -0.39 is 58.8 Å². The van der Waals surface area contributed by atoms with E-state index in [-0.39, 0.29) is 17.2 Å². The summed E-state index contributed by atoms with van der Waals surface area (Å²) >= 11 is 0. The number of phenolic OH excluding ortho intramolecular Hbond substituents is 1. The molecule has 9 heteroatoms. The molecule has 0 aromatic heterocycles. The number of carbonyl (C=O) groups excluding carboxylic acids is 5. The highest BCUT2D eigenvalue weighted by atomic mass is 16.3. The number of Topliss-reactive ketones (excluding diaryl/α,β-unsaturated/α-hetero) is 4. The lowest BCUT2D eigenvalue weighted by molar-refractivity contribution is -0.157. The van der Waals surface area contributed by atoms with E-state index in [9.17, 15) is 29.1 Å². The second kappa shape index (κ2) is 9.19. The summed E-state index contributed by atoms with van der Waals surface area (Å²) in [6.45, 7) is 2.40. The van der Waals surface area contributed by atoms with Crippen molar-refractivity contribution in [3.05, 3.63) is 28.8 Å². The zero-order chi connectivity index (χ0) is 25.9. The van der Waals surface area contributed by atoms with Crippen molar-refractivity contribution < 1.29 is 29.1 Å². The predicted molar refractivity (Wildman–Crippen MR) is 129 cm³/mol. The van der Waals surface area contributed by atoms with E-state index in [1.54, 1.807) is 19.0 Å². The zero-order valence-corrected chi connectivity index (χ0v) is 20.7.